The Labute approximate surface area is 376 Å². The van der Waals surface area contributed by atoms with E-state index >= 15 is 17.6 Å². The van der Waals surface area contributed by atoms with E-state index < -0.39 is 81.9 Å². The zero-order chi connectivity index (χ0) is 47.9. The Balaban J connectivity index is 0.000000220. The highest BCUT2D eigenvalue weighted by Crippen LogP contribution is 2.48. The van der Waals surface area contributed by atoms with Crippen LogP contribution in [0.2, 0.25) is 0 Å². The van der Waals surface area contributed by atoms with Gasteiger partial charge in [-0.15, -0.1) is 0 Å². The lowest BCUT2D eigenvalue weighted by Gasteiger charge is -2.39. The molecule has 0 bridgehead atoms. The Morgan fingerprint density at radius 1 is 0.667 bits per heavy atom. The number of rotatable bonds is 14. The second-order valence-electron chi connectivity index (χ2n) is 14.4. The lowest BCUT2D eigenvalue weighted by atomic mass is 9.84. The summed E-state index contributed by atoms with van der Waals surface area (Å²) in [6, 6.07) is 24.2. The minimum atomic E-state index is -4.13. The molecule has 0 aliphatic carbocycles. The molecular formula is C45H34F8N8O4S. The largest absolute Gasteiger partial charge is 0.456 e. The standard InChI is InChI=1S/C24H18F4N4O2S.C21H16F4N4O2/c25-16-3-7-19(20(26)11-16)23(33,14-32-22(35)9-10-31-32)24(27,28)21-8-6-18(13-30-21)34-17-4-1-15(12-29)2-5-17;22-14-3-7-17(18(23)9-14)20(30,12-29-27)21(24,25)19-8-6-16(11-28-19)31-15-4-1-13(10-26)2-5-15/h1-8,11,13,31,33H,9-10,14H2;1-9,11,29-30H,12,27H2. The highest BCUT2D eigenvalue weighted by atomic mass is 32.1. The minimum Gasteiger partial charge on any atom is -0.456 e. The molecule has 0 spiro atoms. The molecule has 6 N–H and O–H groups in total. The van der Waals surface area contributed by atoms with Crippen LogP contribution in [-0.4, -0.2) is 49.8 Å². The van der Waals surface area contributed by atoms with Gasteiger partial charge in [0.2, 0.25) is 0 Å². The van der Waals surface area contributed by atoms with Crippen LogP contribution in [0.4, 0.5) is 35.1 Å². The van der Waals surface area contributed by atoms with Crippen LogP contribution in [0.15, 0.2) is 122 Å². The van der Waals surface area contributed by atoms with Gasteiger partial charge >= 0.3 is 11.8 Å². The third-order valence-electron chi connectivity index (χ3n) is 10.0. The molecule has 1 aliphatic rings. The van der Waals surface area contributed by atoms with Crippen LogP contribution < -0.4 is 26.2 Å². The summed E-state index contributed by atoms with van der Waals surface area (Å²) < 4.78 is 129. The van der Waals surface area contributed by atoms with Crippen molar-refractivity contribution in [2.75, 3.05) is 19.6 Å². The number of nitrogens with two attached hydrogens (primary N) is 1. The van der Waals surface area contributed by atoms with E-state index in [1.807, 2.05) is 17.6 Å². The number of alkyl halides is 4. The van der Waals surface area contributed by atoms with Crippen LogP contribution >= 0.6 is 12.2 Å². The SMILES string of the molecule is N#Cc1ccc(Oc2ccc(C(F)(F)C(O)(CN3NCCC3=S)c3ccc(F)cc3F)nc2)cc1.N#Cc1ccc(Oc2ccc(C(F)(F)C(O)(CNN)c3ccc(F)cc3F)nc2)cc1. The molecule has 2 unspecified atom stereocenters. The van der Waals surface area contributed by atoms with Gasteiger partial charge in [0.05, 0.1) is 47.2 Å². The average Bonchev–Trinajstić information content (AvgIpc) is 3.70. The predicted molar refractivity (Wildman–Crippen MR) is 223 cm³/mol. The number of hydrogen-bond acceptors (Lipinski definition) is 12. The third-order valence-corrected chi connectivity index (χ3v) is 10.5. The van der Waals surface area contributed by atoms with Gasteiger partial charge in [-0.25, -0.2) is 23.0 Å². The molecule has 340 valence electrons. The van der Waals surface area contributed by atoms with E-state index in [2.05, 4.69) is 15.4 Å². The van der Waals surface area contributed by atoms with Crippen LogP contribution in [0.3, 0.4) is 0 Å². The fourth-order valence-electron chi connectivity index (χ4n) is 6.56. The number of benzene rings is 4. The molecule has 2 aromatic heterocycles. The molecule has 7 rings (SSSR count). The van der Waals surface area contributed by atoms with E-state index in [4.69, 9.17) is 38.1 Å². The van der Waals surface area contributed by atoms with Gasteiger partial charge in [-0.3, -0.25) is 26.2 Å². The number of halogens is 8. The van der Waals surface area contributed by atoms with E-state index in [0.29, 0.717) is 47.7 Å². The minimum absolute atomic E-state index is 0.109. The highest BCUT2D eigenvalue weighted by Gasteiger charge is 2.59. The van der Waals surface area contributed by atoms with Gasteiger partial charge in [0.1, 0.15) is 57.7 Å². The van der Waals surface area contributed by atoms with Gasteiger partial charge in [-0.1, -0.05) is 18.3 Å². The number of nitrogens with one attached hydrogen (secondary N) is 2. The van der Waals surface area contributed by atoms with Crippen molar-refractivity contribution in [3.05, 3.63) is 178 Å². The van der Waals surface area contributed by atoms with Gasteiger partial charge in [-0.2, -0.15) is 28.1 Å². The average molecular weight is 935 g/mol. The molecule has 0 saturated carbocycles. The van der Waals surface area contributed by atoms with Gasteiger partial charge in [0.25, 0.3) is 0 Å². The highest BCUT2D eigenvalue weighted by molar-refractivity contribution is 7.80. The van der Waals surface area contributed by atoms with E-state index in [1.54, 1.807) is 0 Å². The molecule has 6 aromatic rings. The van der Waals surface area contributed by atoms with Crippen molar-refractivity contribution in [1.29, 1.82) is 10.5 Å². The van der Waals surface area contributed by atoms with Crippen LogP contribution in [0.25, 0.3) is 0 Å². The first-order valence-electron chi connectivity index (χ1n) is 19.2. The molecule has 1 aliphatic heterocycles. The lowest BCUT2D eigenvalue weighted by molar-refractivity contribution is -0.205. The Bertz CT molecular complexity index is 2760. The van der Waals surface area contributed by atoms with E-state index in [1.165, 1.54) is 60.7 Å². The predicted octanol–water partition coefficient (Wildman–Crippen LogP) is 8.01. The van der Waals surface area contributed by atoms with Crippen molar-refractivity contribution >= 4 is 17.2 Å². The number of aromatic nitrogens is 2. The van der Waals surface area contributed by atoms with Crippen molar-refractivity contribution in [1.82, 2.24) is 25.8 Å². The number of nitriles is 2. The molecule has 4 aromatic carbocycles. The molecule has 3 heterocycles. The zero-order valence-corrected chi connectivity index (χ0v) is 34.6. The molecule has 1 saturated heterocycles. The van der Waals surface area contributed by atoms with Gasteiger partial charge in [0, 0.05) is 42.8 Å². The Morgan fingerprint density at radius 2 is 1.09 bits per heavy atom. The normalized spacial score (nSPS) is 14.5. The summed E-state index contributed by atoms with van der Waals surface area (Å²) in [7, 11) is 0. The summed E-state index contributed by atoms with van der Waals surface area (Å²) in [6.07, 6.45) is 2.41. The first kappa shape index (κ1) is 48.3. The smallest absolute Gasteiger partial charge is 0.323 e. The van der Waals surface area contributed by atoms with Crippen molar-refractivity contribution in [2.45, 2.75) is 29.5 Å². The van der Waals surface area contributed by atoms with E-state index in [0.717, 1.165) is 53.8 Å². The molecule has 21 heteroatoms. The maximum atomic E-state index is 15.9. The quantitative estimate of drug-likeness (QED) is 0.0307. The van der Waals surface area contributed by atoms with Gasteiger partial charge in [0.15, 0.2) is 11.2 Å². The van der Waals surface area contributed by atoms with Gasteiger partial charge in [-0.05, 0) is 91.0 Å². The van der Waals surface area contributed by atoms with Crippen molar-refractivity contribution in [2.24, 2.45) is 5.84 Å². The number of nitrogens with zero attached hydrogens (tertiary/aromatic N) is 5. The fourth-order valence-corrected chi connectivity index (χ4v) is 6.80. The monoisotopic (exact) mass is 934 g/mol. The lowest BCUT2D eigenvalue weighted by Crippen LogP contribution is -2.54. The summed E-state index contributed by atoms with van der Waals surface area (Å²) in [5.74, 6) is -6.85. The summed E-state index contributed by atoms with van der Waals surface area (Å²) in [6.45, 7) is -1.40. The Kier molecular flexibility index (Phi) is 14.6. The molecule has 0 radical (unpaired) electrons. The number of hydrazine groups is 2. The van der Waals surface area contributed by atoms with E-state index in [9.17, 15) is 27.8 Å². The molecule has 0 amide bonds. The first-order valence-corrected chi connectivity index (χ1v) is 19.6. The van der Waals surface area contributed by atoms with Crippen molar-refractivity contribution in [3.8, 4) is 35.1 Å². The van der Waals surface area contributed by atoms with Crippen LogP contribution in [0.1, 0.15) is 40.1 Å². The van der Waals surface area contributed by atoms with Crippen LogP contribution in [0.5, 0.6) is 23.0 Å². The number of ether oxygens (including phenoxy) is 2. The Morgan fingerprint density at radius 3 is 1.45 bits per heavy atom. The molecule has 1 fully saturated rings. The maximum absolute atomic E-state index is 15.9. The zero-order valence-electron chi connectivity index (χ0n) is 33.8. The number of β-amino-alcohol motifs (C(OH)–C–C–N with tert-alkyl or cyclic N) is 1. The molecule has 12 nitrogen and oxygen atoms in total. The molecule has 66 heavy (non-hydrogen) atoms. The first-order chi connectivity index (χ1) is 31.3. The summed E-state index contributed by atoms with van der Waals surface area (Å²) in [5.41, 5.74) is -4.20. The Hall–Kier alpha value is -7.11. The van der Waals surface area contributed by atoms with E-state index in [-0.39, 0.29) is 16.5 Å². The number of pyridine rings is 2. The van der Waals surface area contributed by atoms with Crippen molar-refractivity contribution < 1.29 is 54.8 Å². The number of hydrogen-bond donors (Lipinski definition) is 5. The van der Waals surface area contributed by atoms with Gasteiger partial charge < -0.3 is 19.7 Å². The molecular weight excluding hydrogens is 901 g/mol. The van der Waals surface area contributed by atoms with Crippen molar-refractivity contribution in [3.63, 3.8) is 0 Å². The summed E-state index contributed by atoms with van der Waals surface area (Å²) >= 11 is 5.15. The number of thiocarbonyl (C=S) groups is 1. The maximum Gasteiger partial charge on any atom is 0.323 e. The second kappa shape index (κ2) is 20.0. The molecule has 2 atom stereocenters. The summed E-state index contributed by atoms with van der Waals surface area (Å²) in [4.78, 5) is 7.67. The van der Waals surface area contributed by atoms with Crippen LogP contribution in [-0.2, 0) is 23.0 Å². The number of aliphatic hydroxyl groups is 2. The second-order valence-corrected chi connectivity index (χ2v) is 14.8. The third kappa shape index (κ3) is 10.2. The fraction of sp³-hybridized carbons (Fsp3) is 0.178. The van der Waals surface area contributed by atoms with Crippen LogP contribution in [0, 0.1) is 45.9 Å². The summed E-state index contributed by atoms with van der Waals surface area (Å²) in [5, 5.41) is 40.9. The topological polar surface area (TPSA) is 186 Å².